The first-order chi connectivity index (χ1) is 14.9. The molecule has 1 fully saturated rings. The Morgan fingerprint density at radius 2 is 1.71 bits per heavy atom. The molecule has 5 nitrogen and oxygen atoms in total. The van der Waals surface area contributed by atoms with Crippen molar-refractivity contribution in [2.24, 2.45) is 0 Å². The Bertz CT molecular complexity index is 1200. The van der Waals surface area contributed by atoms with Gasteiger partial charge in [0.05, 0.1) is 22.1 Å². The van der Waals surface area contributed by atoms with Gasteiger partial charge in [-0.25, -0.2) is 8.42 Å². The van der Waals surface area contributed by atoms with Crippen LogP contribution in [0.2, 0.25) is 5.02 Å². The number of hydrogen-bond acceptors (Lipinski definition) is 5. The first-order valence-electron chi connectivity index (χ1n) is 9.69. The number of ether oxygens (including phenoxy) is 1. The van der Waals surface area contributed by atoms with Crippen molar-refractivity contribution >= 4 is 44.8 Å². The summed E-state index contributed by atoms with van der Waals surface area (Å²) in [6.07, 6.45) is 0.607. The zero-order valence-corrected chi connectivity index (χ0v) is 18.8. The van der Waals surface area contributed by atoms with Crippen molar-refractivity contribution in [1.82, 2.24) is 0 Å². The Hall–Kier alpha value is -2.48. The van der Waals surface area contributed by atoms with Crippen molar-refractivity contribution in [2.75, 3.05) is 16.8 Å². The number of benzene rings is 3. The van der Waals surface area contributed by atoms with Crippen LogP contribution in [0, 0.1) is 0 Å². The molecule has 31 heavy (non-hydrogen) atoms. The van der Waals surface area contributed by atoms with Crippen LogP contribution in [-0.2, 0) is 9.84 Å². The van der Waals surface area contributed by atoms with Crippen molar-refractivity contribution in [2.45, 2.75) is 16.6 Å². The predicted molar refractivity (Wildman–Crippen MR) is 125 cm³/mol. The number of anilines is 1. The highest BCUT2D eigenvalue weighted by molar-refractivity contribution is 8.02. The smallest absolute Gasteiger partial charge is 0.256 e. The third-order valence-electron chi connectivity index (χ3n) is 4.79. The topological polar surface area (TPSA) is 72.5 Å². The molecule has 1 saturated heterocycles. The number of nitrogens with one attached hydrogen (secondary N) is 1. The van der Waals surface area contributed by atoms with Crippen molar-refractivity contribution in [3.8, 4) is 11.5 Å². The highest BCUT2D eigenvalue weighted by Crippen LogP contribution is 2.34. The van der Waals surface area contributed by atoms with Crippen LogP contribution in [-0.4, -0.2) is 31.1 Å². The lowest BCUT2D eigenvalue weighted by atomic mass is 10.2. The molecule has 1 amide bonds. The lowest BCUT2D eigenvalue weighted by molar-refractivity contribution is 0.102. The van der Waals surface area contributed by atoms with Crippen molar-refractivity contribution < 1.29 is 17.9 Å². The maximum atomic E-state index is 12.9. The van der Waals surface area contributed by atoms with Crippen LogP contribution in [0.25, 0.3) is 0 Å². The van der Waals surface area contributed by atoms with Gasteiger partial charge in [0, 0.05) is 15.8 Å². The van der Waals surface area contributed by atoms with Gasteiger partial charge in [-0.1, -0.05) is 35.9 Å². The standard InChI is InChI=1S/C23H20ClNO4S2/c24-20-6-2-3-7-21(20)29-17-11-9-16(10-12-17)25-23(26)19-5-1-4-8-22(19)30-18-13-14-31(27,28)15-18/h1-12,18H,13-15H2,(H,25,26). The first-order valence-corrected chi connectivity index (χ1v) is 12.8. The number of hydrogen-bond donors (Lipinski definition) is 1. The number of rotatable bonds is 6. The van der Waals surface area contributed by atoms with Gasteiger partial charge < -0.3 is 10.1 Å². The third kappa shape index (κ3) is 5.61. The van der Waals surface area contributed by atoms with E-state index in [1.807, 2.05) is 24.3 Å². The molecule has 1 N–H and O–H groups in total. The number of halogens is 1. The molecule has 8 heteroatoms. The van der Waals surface area contributed by atoms with Crippen LogP contribution in [0.15, 0.2) is 77.7 Å². The molecule has 160 valence electrons. The van der Waals surface area contributed by atoms with Crippen LogP contribution < -0.4 is 10.1 Å². The molecular weight excluding hydrogens is 454 g/mol. The summed E-state index contributed by atoms with van der Waals surface area (Å²) in [6, 6.07) is 21.5. The number of sulfone groups is 1. The fourth-order valence-corrected chi connectivity index (χ4v) is 7.05. The Kier molecular flexibility index (Phi) is 6.55. The van der Waals surface area contributed by atoms with E-state index in [1.165, 1.54) is 11.8 Å². The maximum Gasteiger partial charge on any atom is 0.256 e. The maximum absolute atomic E-state index is 12.9. The highest BCUT2D eigenvalue weighted by Gasteiger charge is 2.29. The zero-order valence-electron chi connectivity index (χ0n) is 16.5. The van der Waals surface area contributed by atoms with Gasteiger partial charge in [-0.15, -0.1) is 11.8 Å². The minimum atomic E-state index is -2.97. The van der Waals surface area contributed by atoms with Crippen molar-refractivity contribution in [1.29, 1.82) is 0 Å². The Morgan fingerprint density at radius 3 is 2.42 bits per heavy atom. The van der Waals surface area contributed by atoms with Gasteiger partial charge in [0.15, 0.2) is 9.84 Å². The predicted octanol–water partition coefficient (Wildman–Crippen LogP) is 5.66. The van der Waals surface area contributed by atoms with E-state index < -0.39 is 9.84 Å². The number of para-hydroxylation sites is 1. The van der Waals surface area contributed by atoms with Crippen LogP contribution in [0.4, 0.5) is 5.69 Å². The van der Waals surface area contributed by atoms with E-state index in [2.05, 4.69) is 5.32 Å². The molecule has 1 unspecified atom stereocenters. The summed E-state index contributed by atoms with van der Waals surface area (Å²) in [5.74, 6) is 1.27. The van der Waals surface area contributed by atoms with Gasteiger partial charge in [0.1, 0.15) is 11.5 Å². The number of thioether (sulfide) groups is 1. The van der Waals surface area contributed by atoms with Gasteiger partial charge in [-0.05, 0) is 55.0 Å². The molecule has 1 atom stereocenters. The van der Waals surface area contributed by atoms with E-state index in [1.54, 1.807) is 48.5 Å². The molecule has 0 aromatic heterocycles. The minimum absolute atomic E-state index is 0.0276. The van der Waals surface area contributed by atoms with Crippen LogP contribution in [0.1, 0.15) is 16.8 Å². The summed E-state index contributed by atoms with van der Waals surface area (Å²) in [4.78, 5) is 13.6. The summed E-state index contributed by atoms with van der Waals surface area (Å²) in [6.45, 7) is 0. The van der Waals surface area contributed by atoms with E-state index in [0.717, 1.165) is 4.90 Å². The molecule has 1 heterocycles. The molecule has 1 aliphatic heterocycles. The first kappa shape index (κ1) is 21.7. The van der Waals surface area contributed by atoms with E-state index in [9.17, 15) is 13.2 Å². The van der Waals surface area contributed by atoms with Crippen LogP contribution >= 0.6 is 23.4 Å². The molecule has 0 aliphatic carbocycles. The Labute approximate surface area is 190 Å². The molecule has 0 saturated carbocycles. The molecule has 3 aromatic rings. The zero-order chi connectivity index (χ0) is 21.8. The van der Waals surface area contributed by atoms with E-state index in [4.69, 9.17) is 16.3 Å². The van der Waals surface area contributed by atoms with Gasteiger partial charge in [0.2, 0.25) is 0 Å². The molecule has 1 aliphatic rings. The second-order valence-corrected chi connectivity index (χ2v) is 11.1. The third-order valence-corrected chi connectivity index (χ3v) is 8.43. The fourth-order valence-electron chi connectivity index (χ4n) is 3.25. The average molecular weight is 474 g/mol. The van der Waals surface area contributed by atoms with E-state index >= 15 is 0 Å². The van der Waals surface area contributed by atoms with E-state index in [-0.39, 0.29) is 22.7 Å². The Balaban J connectivity index is 1.43. The van der Waals surface area contributed by atoms with E-state index in [0.29, 0.717) is 34.2 Å². The fraction of sp³-hybridized carbons (Fsp3) is 0.174. The van der Waals surface area contributed by atoms with Gasteiger partial charge in [-0.2, -0.15) is 0 Å². The summed E-state index contributed by atoms with van der Waals surface area (Å²) in [5.41, 5.74) is 1.15. The molecular formula is C23H20ClNO4S2. The van der Waals surface area contributed by atoms with Crippen molar-refractivity contribution in [3.05, 3.63) is 83.4 Å². The number of carbonyl (C=O) groups excluding carboxylic acids is 1. The van der Waals surface area contributed by atoms with Gasteiger partial charge in [0.25, 0.3) is 5.91 Å². The second kappa shape index (κ2) is 9.34. The average Bonchev–Trinajstić information content (AvgIpc) is 3.09. The molecule has 4 rings (SSSR count). The summed E-state index contributed by atoms with van der Waals surface area (Å²) in [7, 11) is -2.97. The normalized spacial score (nSPS) is 17.3. The molecule has 0 radical (unpaired) electrons. The monoisotopic (exact) mass is 473 g/mol. The number of carbonyl (C=O) groups is 1. The quantitative estimate of drug-likeness (QED) is 0.499. The van der Waals surface area contributed by atoms with Gasteiger partial charge >= 0.3 is 0 Å². The summed E-state index contributed by atoms with van der Waals surface area (Å²) >= 11 is 7.57. The summed E-state index contributed by atoms with van der Waals surface area (Å²) < 4.78 is 29.3. The molecule has 0 spiro atoms. The second-order valence-electron chi connectivity index (χ2n) is 7.15. The SMILES string of the molecule is O=C(Nc1ccc(Oc2ccccc2Cl)cc1)c1ccccc1SC1CCS(=O)(=O)C1. The number of amides is 1. The van der Waals surface area contributed by atoms with Crippen molar-refractivity contribution in [3.63, 3.8) is 0 Å². The lowest BCUT2D eigenvalue weighted by Gasteiger charge is -2.13. The Morgan fingerprint density at radius 1 is 1.00 bits per heavy atom. The van der Waals surface area contributed by atoms with Crippen LogP contribution in [0.5, 0.6) is 11.5 Å². The summed E-state index contributed by atoms with van der Waals surface area (Å²) in [5, 5.41) is 3.38. The lowest BCUT2D eigenvalue weighted by Crippen LogP contribution is -2.14. The highest BCUT2D eigenvalue weighted by atomic mass is 35.5. The van der Waals surface area contributed by atoms with Crippen LogP contribution in [0.3, 0.4) is 0 Å². The largest absolute Gasteiger partial charge is 0.456 e. The minimum Gasteiger partial charge on any atom is -0.456 e. The van der Waals surface area contributed by atoms with Gasteiger partial charge in [-0.3, -0.25) is 4.79 Å². The molecule has 3 aromatic carbocycles. The molecule has 0 bridgehead atoms.